The van der Waals surface area contributed by atoms with Crippen molar-refractivity contribution in [1.29, 1.82) is 0 Å². The van der Waals surface area contributed by atoms with Crippen molar-refractivity contribution >= 4 is 46.4 Å². The van der Waals surface area contributed by atoms with Crippen LogP contribution in [0.1, 0.15) is 88.6 Å². The summed E-state index contributed by atoms with van der Waals surface area (Å²) in [6, 6.07) is 49.5. The zero-order chi connectivity index (χ0) is 44.8. The van der Waals surface area contributed by atoms with Crippen LogP contribution in [-0.4, -0.2) is 27.6 Å². The van der Waals surface area contributed by atoms with E-state index in [0.717, 1.165) is 73.8 Å². The van der Waals surface area contributed by atoms with Gasteiger partial charge in [0.25, 0.3) is 0 Å². The van der Waals surface area contributed by atoms with Gasteiger partial charge < -0.3 is 14.0 Å². The van der Waals surface area contributed by atoms with Crippen LogP contribution in [0.25, 0.3) is 72.6 Å². The summed E-state index contributed by atoms with van der Waals surface area (Å²) in [6.07, 6.45) is 8.40. The molecule has 1 aliphatic rings. The summed E-state index contributed by atoms with van der Waals surface area (Å²) >= 11 is 0. The molecule has 9 aromatic rings. The van der Waals surface area contributed by atoms with Crippen molar-refractivity contribution in [2.24, 2.45) is 5.92 Å². The van der Waals surface area contributed by atoms with E-state index in [1.807, 2.05) is 24.3 Å². The van der Waals surface area contributed by atoms with Gasteiger partial charge in [-0.2, -0.15) is 0 Å². The Hall–Kier alpha value is -5.46. The summed E-state index contributed by atoms with van der Waals surface area (Å²) < 4.78 is 8.95. The van der Waals surface area contributed by atoms with Crippen molar-refractivity contribution in [1.82, 2.24) is 19.5 Å². The van der Waals surface area contributed by atoms with Crippen LogP contribution in [0.5, 0.6) is 0 Å². The molecule has 0 aliphatic heterocycles. The maximum Gasteiger partial charge on any atom is 0.216 e. The number of pyridine rings is 2. The zero-order valence-corrected chi connectivity index (χ0v) is 42.7. The fraction of sp³-hybridized carbons (Fsp3) is 0.293. The maximum absolute atomic E-state index is 6.63. The molecule has 10 rings (SSSR count). The van der Waals surface area contributed by atoms with Gasteiger partial charge in [0.15, 0.2) is 0 Å². The van der Waals surface area contributed by atoms with Crippen molar-refractivity contribution in [3.05, 3.63) is 162 Å². The van der Waals surface area contributed by atoms with Crippen molar-refractivity contribution in [3.8, 4) is 39.5 Å². The van der Waals surface area contributed by atoms with Crippen LogP contribution >= 0.6 is 0 Å². The molecular weight excluding hydrogens is 989 g/mol. The third-order valence-corrected chi connectivity index (χ3v) is 14.9. The third-order valence-electron chi connectivity index (χ3n) is 12.9. The summed E-state index contributed by atoms with van der Waals surface area (Å²) in [7, 11) is -1.34. The van der Waals surface area contributed by atoms with Crippen LogP contribution in [-0.2, 0) is 31.9 Å². The van der Waals surface area contributed by atoms with Gasteiger partial charge in [-0.15, -0.1) is 54.1 Å². The van der Waals surface area contributed by atoms with E-state index in [-0.39, 0.29) is 25.5 Å². The maximum atomic E-state index is 6.63. The Kier molecular flexibility index (Phi) is 13.3. The monoisotopic (exact) mass is 1050 g/mol. The Labute approximate surface area is 400 Å². The van der Waals surface area contributed by atoms with E-state index in [0.29, 0.717) is 11.6 Å². The summed E-state index contributed by atoms with van der Waals surface area (Å²) in [6.45, 7) is 20.6. The Morgan fingerprint density at radius 2 is 1.55 bits per heavy atom. The predicted molar refractivity (Wildman–Crippen MR) is 271 cm³/mol. The van der Waals surface area contributed by atoms with Crippen molar-refractivity contribution in [2.75, 3.05) is 0 Å². The van der Waals surface area contributed by atoms with Crippen LogP contribution in [0.4, 0.5) is 0 Å². The average molecular weight is 1050 g/mol. The second kappa shape index (κ2) is 18.8. The Bertz CT molecular complexity index is 3090. The molecule has 4 aromatic heterocycles. The van der Waals surface area contributed by atoms with Crippen molar-refractivity contribution in [3.63, 3.8) is 0 Å². The molecule has 7 heteroatoms. The summed E-state index contributed by atoms with van der Waals surface area (Å²) in [5.41, 5.74) is 14.9. The molecule has 0 N–H and O–H groups in total. The van der Waals surface area contributed by atoms with Gasteiger partial charge in [-0.05, 0) is 100 Å². The molecule has 4 heterocycles. The van der Waals surface area contributed by atoms with Gasteiger partial charge in [0.05, 0.1) is 30.5 Å². The molecular formula is C58H60IrN4OSi-2. The van der Waals surface area contributed by atoms with E-state index < -0.39 is 8.07 Å². The second-order valence-corrected chi connectivity index (χ2v) is 25.2. The van der Waals surface area contributed by atoms with Gasteiger partial charge in [-0.1, -0.05) is 145 Å². The first-order valence-electron chi connectivity index (χ1n) is 23.1. The first kappa shape index (κ1) is 46.1. The summed E-state index contributed by atoms with van der Waals surface area (Å²) in [5.74, 6) is 2.09. The second-order valence-electron chi connectivity index (χ2n) is 20.2. The quantitative estimate of drug-likeness (QED) is 0.112. The van der Waals surface area contributed by atoms with Crippen LogP contribution < -0.4 is 5.19 Å². The van der Waals surface area contributed by atoms with Crippen LogP contribution in [0.3, 0.4) is 0 Å². The molecule has 5 nitrogen and oxygen atoms in total. The number of rotatable bonds is 8. The molecule has 65 heavy (non-hydrogen) atoms. The Morgan fingerprint density at radius 1 is 0.785 bits per heavy atom. The number of aryl methyl sites for hydroxylation is 1. The van der Waals surface area contributed by atoms with Gasteiger partial charge in [0.2, 0.25) is 5.71 Å². The standard InChI is InChI=1S/C41H38N3O.C17H22NSi.Ir/c1-26-17-21-35-37(23-26)44(36-22-18-29(25-34(36)41(2,3)4)28-13-6-5-7-14-28)39(43-35)33-16-10-15-31-32-20-19-30(24-27-11-8-9-12-27)42-40(32)45-38(31)33;1-13(2)15-11-16(14-9-7-6-8-10-14)18-12-17(15)19(3,4)5;/h5-7,10,13-15,17-23,25,27H,8-9,11-12,24H2,1-4H3;6-9,11-13H,1-5H3;/q2*-1;. The van der Waals surface area contributed by atoms with E-state index in [4.69, 9.17) is 14.4 Å². The van der Waals surface area contributed by atoms with E-state index in [1.54, 1.807) is 0 Å². The SMILES string of the molecule is CC(C)c1cc(-c2[c-]cccc2)ncc1[Si](C)(C)C.Cc1ccc2nc(-c3[c-]ccc4c3oc3nc(CC5CCCC5)ccc34)n(-c3ccc(-c4ccccc4)cc3C(C)(C)C)c2c1.[Ir]. The molecule has 0 atom stereocenters. The molecule has 0 bridgehead atoms. The largest absolute Gasteiger partial charge is 0.486 e. The first-order chi connectivity index (χ1) is 30.7. The molecule has 1 radical (unpaired) electrons. The van der Waals surface area contributed by atoms with Gasteiger partial charge in [-0.25, -0.2) is 4.98 Å². The van der Waals surface area contributed by atoms with Crippen molar-refractivity contribution in [2.45, 2.75) is 105 Å². The smallest absolute Gasteiger partial charge is 0.216 e. The van der Waals surface area contributed by atoms with Crippen molar-refractivity contribution < 1.29 is 24.5 Å². The number of hydrogen-bond donors (Lipinski definition) is 0. The fourth-order valence-corrected chi connectivity index (χ4v) is 11.1. The molecule has 1 aliphatic carbocycles. The van der Waals surface area contributed by atoms with E-state index in [9.17, 15) is 0 Å². The zero-order valence-electron chi connectivity index (χ0n) is 39.3. The van der Waals surface area contributed by atoms with Crippen LogP contribution in [0, 0.1) is 25.0 Å². The Morgan fingerprint density at radius 3 is 2.26 bits per heavy atom. The first-order valence-corrected chi connectivity index (χ1v) is 26.6. The topological polar surface area (TPSA) is 56.7 Å². The Balaban J connectivity index is 0.000000243. The summed E-state index contributed by atoms with van der Waals surface area (Å²) in [4.78, 5) is 14.9. The third kappa shape index (κ3) is 9.61. The van der Waals surface area contributed by atoms with Gasteiger partial charge in [0, 0.05) is 43.1 Å². The number of nitrogens with zero attached hydrogens (tertiary/aromatic N) is 4. The van der Waals surface area contributed by atoms with E-state index in [1.165, 1.54) is 58.7 Å². The number of benzene rings is 5. The number of fused-ring (bicyclic) bond motifs is 4. The minimum absolute atomic E-state index is 0. The number of furan rings is 1. The average Bonchev–Trinajstić information content (AvgIpc) is 4.03. The van der Waals surface area contributed by atoms with Crippen LogP contribution in [0.2, 0.25) is 19.6 Å². The molecule has 0 saturated heterocycles. The summed E-state index contributed by atoms with van der Waals surface area (Å²) in [5, 5.41) is 3.56. The fourth-order valence-electron chi connectivity index (χ4n) is 9.46. The minimum atomic E-state index is -1.34. The van der Waals surface area contributed by atoms with E-state index >= 15 is 0 Å². The molecule has 5 aromatic carbocycles. The van der Waals surface area contributed by atoms with Gasteiger partial charge in [0.1, 0.15) is 0 Å². The normalized spacial score (nSPS) is 13.4. The molecule has 1 saturated carbocycles. The molecule has 0 spiro atoms. The molecule has 1 fully saturated rings. The van der Waals surface area contributed by atoms with Crippen LogP contribution in [0.15, 0.2) is 132 Å². The van der Waals surface area contributed by atoms with E-state index in [2.05, 4.69) is 186 Å². The predicted octanol–water partition coefficient (Wildman–Crippen LogP) is 15.0. The molecule has 0 amide bonds. The minimum Gasteiger partial charge on any atom is -0.486 e. The number of imidazole rings is 1. The van der Waals surface area contributed by atoms with Gasteiger partial charge >= 0.3 is 0 Å². The molecule has 0 unspecified atom stereocenters. The number of aromatic nitrogens is 4. The molecule has 333 valence electrons. The van der Waals surface area contributed by atoms with Gasteiger partial charge in [-0.3, -0.25) is 4.98 Å². The number of hydrogen-bond acceptors (Lipinski definition) is 4.